The number of carbonyl (C=O) groups is 1. The van der Waals surface area contributed by atoms with Crippen LogP contribution in [-0.2, 0) is 4.79 Å². The fourth-order valence-corrected chi connectivity index (χ4v) is 3.61. The van der Waals surface area contributed by atoms with Crippen molar-refractivity contribution in [1.82, 2.24) is 9.97 Å². The Labute approximate surface area is 124 Å². The lowest BCUT2D eigenvalue weighted by Crippen LogP contribution is -2.35. The van der Waals surface area contributed by atoms with E-state index in [-0.39, 0.29) is 0 Å². The second-order valence-electron chi connectivity index (χ2n) is 5.94. The van der Waals surface area contributed by atoms with Gasteiger partial charge in [0.1, 0.15) is 0 Å². The fraction of sp³-hybridized carbons (Fsp3) is 0.562. The van der Waals surface area contributed by atoms with Crippen LogP contribution < -0.4 is 4.90 Å². The summed E-state index contributed by atoms with van der Waals surface area (Å²) in [5, 5.41) is 8.62. The van der Waals surface area contributed by atoms with Gasteiger partial charge in [0.15, 0.2) is 0 Å². The van der Waals surface area contributed by atoms with E-state index in [0.717, 1.165) is 30.1 Å². The van der Waals surface area contributed by atoms with Gasteiger partial charge < -0.3 is 10.0 Å². The van der Waals surface area contributed by atoms with Crippen molar-refractivity contribution in [2.24, 2.45) is 5.92 Å². The minimum absolute atomic E-state index is 0.591. The molecule has 1 aromatic heterocycles. The number of carboxylic acid groups (broad SMARTS) is 1. The van der Waals surface area contributed by atoms with Gasteiger partial charge in [-0.1, -0.05) is 12.8 Å². The molecule has 112 valence electrons. The largest absolute Gasteiger partial charge is 0.478 e. The van der Waals surface area contributed by atoms with Crippen LogP contribution >= 0.6 is 0 Å². The fourth-order valence-electron chi connectivity index (χ4n) is 3.61. The van der Waals surface area contributed by atoms with Crippen LogP contribution in [0.2, 0.25) is 0 Å². The van der Waals surface area contributed by atoms with E-state index >= 15 is 0 Å². The normalized spacial score (nSPS) is 23.2. The zero-order chi connectivity index (χ0) is 14.7. The Bertz CT molecular complexity index is 521. The summed E-state index contributed by atoms with van der Waals surface area (Å²) in [7, 11) is 0. The topological polar surface area (TPSA) is 66.3 Å². The molecule has 1 aliphatic heterocycles. The molecule has 1 aromatic rings. The first-order valence-corrected chi connectivity index (χ1v) is 7.74. The van der Waals surface area contributed by atoms with Crippen molar-refractivity contribution in [3.63, 3.8) is 0 Å². The van der Waals surface area contributed by atoms with Gasteiger partial charge in [0, 0.05) is 36.6 Å². The maximum absolute atomic E-state index is 10.5. The number of hydrogen-bond acceptors (Lipinski definition) is 4. The lowest BCUT2D eigenvalue weighted by atomic mass is 9.96. The second kappa shape index (κ2) is 6.24. The molecule has 1 aliphatic carbocycles. The van der Waals surface area contributed by atoms with Crippen LogP contribution in [0.25, 0.3) is 6.08 Å². The SMILES string of the molecule is O=C(O)/C=C/c1cnc(N2CCCC2C2CCCC2)nc1. The molecule has 21 heavy (non-hydrogen) atoms. The minimum atomic E-state index is -0.958. The summed E-state index contributed by atoms with van der Waals surface area (Å²) in [5.41, 5.74) is 0.720. The van der Waals surface area contributed by atoms with Gasteiger partial charge in [0.05, 0.1) is 0 Å². The highest BCUT2D eigenvalue weighted by molar-refractivity contribution is 5.85. The van der Waals surface area contributed by atoms with Crippen LogP contribution in [0.5, 0.6) is 0 Å². The first-order chi connectivity index (χ1) is 10.2. The van der Waals surface area contributed by atoms with Gasteiger partial charge in [-0.05, 0) is 37.7 Å². The summed E-state index contributed by atoms with van der Waals surface area (Å²) in [6, 6.07) is 0.591. The summed E-state index contributed by atoms with van der Waals surface area (Å²) < 4.78 is 0. The monoisotopic (exact) mass is 287 g/mol. The van der Waals surface area contributed by atoms with E-state index < -0.39 is 5.97 Å². The summed E-state index contributed by atoms with van der Waals surface area (Å²) in [4.78, 5) is 21.7. The number of hydrogen-bond donors (Lipinski definition) is 1. The first kappa shape index (κ1) is 14.0. The van der Waals surface area contributed by atoms with Crippen LogP contribution in [0.4, 0.5) is 5.95 Å². The molecule has 2 heterocycles. The molecule has 1 N–H and O–H groups in total. The van der Waals surface area contributed by atoms with E-state index in [2.05, 4.69) is 14.9 Å². The lowest BCUT2D eigenvalue weighted by Gasteiger charge is -2.29. The van der Waals surface area contributed by atoms with Crippen LogP contribution in [-0.4, -0.2) is 33.6 Å². The molecule has 0 spiro atoms. The molecule has 0 bridgehead atoms. The smallest absolute Gasteiger partial charge is 0.328 e. The van der Waals surface area contributed by atoms with Crippen molar-refractivity contribution in [2.45, 2.75) is 44.6 Å². The molecule has 5 heteroatoms. The first-order valence-electron chi connectivity index (χ1n) is 7.74. The van der Waals surface area contributed by atoms with Crippen molar-refractivity contribution in [3.8, 4) is 0 Å². The Hall–Kier alpha value is -1.91. The van der Waals surface area contributed by atoms with Gasteiger partial charge in [-0.25, -0.2) is 14.8 Å². The van der Waals surface area contributed by atoms with Crippen LogP contribution in [0, 0.1) is 5.92 Å². The molecule has 0 aromatic carbocycles. The van der Waals surface area contributed by atoms with Gasteiger partial charge >= 0.3 is 5.97 Å². The number of carboxylic acids is 1. The molecule has 0 amide bonds. The Kier molecular flexibility index (Phi) is 4.18. The van der Waals surface area contributed by atoms with E-state index in [1.165, 1.54) is 44.6 Å². The van der Waals surface area contributed by atoms with E-state index in [1.54, 1.807) is 12.4 Å². The summed E-state index contributed by atoms with van der Waals surface area (Å²) in [6.45, 7) is 1.03. The van der Waals surface area contributed by atoms with E-state index in [9.17, 15) is 4.79 Å². The lowest BCUT2D eigenvalue weighted by molar-refractivity contribution is -0.131. The number of rotatable bonds is 4. The van der Waals surface area contributed by atoms with Crippen LogP contribution in [0.1, 0.15) is 44.1 Å². The van der Waals surface area contributed by atoms with Crippen molar-refractivity contribution in [3.05, 3.63) is 24.0 Å². The van der Waals surface area contributed by atoms with Crippen molar-refractivity contribution >= 4 is 18.0 Å². The van der Waals surface area contributed by atoms with Gasteiger partial charge in [-0.3, -0.25) is 0 Å². The van der Waals surface area contributed by atoms with Crippen LogP contribution in [0.15, 0.2) is 18.5 Å². The van der Waals surface area contributed by atoms with Crippen LogP contribution in [0.3, 0.4) is 0 Å². The molecular weight excluding hydrogens is 266 g/mol. The van der Waals surface area contributed by atoms with Crippen molar-refractivity contribution in [1.29, 1.82) is 0 Å². The summed E-state index contributed by atoms with van der Waals surface area (Å²) >= 11 is 0. The van der Waals surface area contributed by atoms with E-state index in [0.29, 0.717) is 6.04 Å². The zero-order valence-electron chi connectivity index (χ0n) is 12.1. The predicted molar refractivity (Wildman–Crippen MR) is 81.0 cm³/mol. The van der Waals surface area contributed by atoms with E-state index in [4.69, 9.17) is 5.11 Å². The molecule has 2 fully saturated rings. The van der Waals surface area contributed by atoms with Crippen molar-refractivity contribution < 1.29 is 9.90 Å². The maximum atomic E-state index is 10.5. The third-order valence-corrected chi connectivity index (χ3v) is 4.58. The zero-order valence-corrected chi connectivity index (χ0v) is 12.1. The number of aromatic nitrogens is 2. The highest BCUT2D eigenvalue weighted by atomic mass is 16.4. The quantitative estimate of drug-likeness (QED) is 0.862. The van der Waals surface area contributed by atoms with Crippen molar-refractivity contribution in [2.75, 3.05) is 11.4 Å². The Morgan fingerprint density at radius 2 is 1.90 bits per heavy atom. The molecule has 2 aliphatic rings. The molecule has 0 radical (unpaired) electrons. The molecule has 1 unspecified atom stereocenters. The summed E-state index contributed by atoms with van der Waals surface area (Å²) in [5.74, 6) is 0.625. The average Bonchev–Trinajstić information content (AvgIpc) is 3.16. The summed E-state index contributed by atoms with van der Waals surface area (Å²) in [6.07, 6.45) is 13.9. The second-order valence-corrected chi connectivity index (χ2v) is 5.94. The number of aliphatic carboxylic acids is 1. The maximum Gasteiger partial charge on any atom is 0.328 e. The molecule has 1 saturated heterocycles. The standard InChI is InChI=1S/C16H21N3O2/c20-15(21)8-7-12-10-17-16(18-11-12)19-9-3-6-14(19)13-4-1-2-5-13/h7-8,10-11,13-14H,1-6,9H2,(H,20,21)/b8-7+. The molecule has 3 rings (SSSR count). The number of nitrogens with zero attached hydrogens (tertiary/aromatic N) is 3. The highest BCUT2D eigenvalue weighted by Crippen LogP contribution is 2.36. The highest BCUT2D eigenvalue weighted by Gasteiger charge is 2.34. The van der Waals surface area contributed by atoms with E-state index in [1.807, 2.05) is 0 Å². The molecule has 1 saturated carbocycles. The molecule has 1 atom stereocenters. The Morgan fingerprint density at radius 3 is 2.57 bits per heavy atom. The third-order valence-electron chi connectivity index (χ3n) is 4.58. The third kappa shape index (κ3) is 3.23. The van der Waals surface area contributed by atoms with Gasteiger partial charge in [-0.15, -0.1) is 0 Å². The molecule has 5 nitrogen and oxygen atoms in total. The average molecular weight is 287 g/mol. The van der Waals surface area contributed by atoms with Gasteiger partial charge in [0.2, 0.25) is 5.95 Å². The van der Waals surface area contributed by atoms with Gasteiger partial charge in [0.25, 0.3) is 0 Å². The number of anilines is 1. The predicted octanol–water partition coefficient (Wildman–Crippen LogP) is 2.73. The molecular formula is C16H21N3O2. The van der Waals surface area contributed by atoms with Gasteiger partial charge in [-0.2, -0.15) is 0 Å². The Morgan fingerprint density at radius 1 is 1.19 bits per heavy atom. The minimum Gasteiger partial charge on any atom is -0.478 e. The Balaban J connectivity index is 1.72.